The minimum atomic E-state index is -0.673. The van der Waals surface area contributed by atoms with Crippen molar-refractivity contribution in [2.24, 2.45) is 0 Å². The van der Waals surface area contributed by atoms with Gasteiger partial charge in [0.1, 0.15) is 17.7 Å². The number of aromatic nitrogens is 3. The van der Waals surface area contributed by atoms with Crippen LogP contribution in [0.2, 0.25) is 15.1 Å². The van der Waals surface area contributed by atoms with Crippen LogP contribution in [0.5, 0.6) is 11.5 Å². The van der Waals surface area contributed by atoms with Crippen molar-refractivity contribution in [1.82, 2.24) is 14.8 Å². The van der Waals surface area contributed by atoms with Crippen LogP contribution in [-0.4, -0.2) is 14.8 Å². The minimum absolute atomic E-state index is 0.235. The molecule has 0 unspecified atom stereocenters. The first-order chi connectivity index (χ1) is 11.4. The molecule has 122 valence electrons. The van der Waals surface area contributed by atoms with Gasteiger partial charge in [-0.15, -0.1) is 0 Å². The number of benzene rings is 2. The van der Waals surface area contributed by atoms with Crippen LogP contribution in [0.25, 0.3) is 5.69 Å². The molecule has 0 amide bonds. The summed E-state index contributed by atoms with van der Waals surface area (Å²) in [6.45, 7) is 0. The molecular formula is C15H8Cl3N3O3. The van der Waals surface area contributed by atoms with E-state index in [1.54, 1.807) is 30.3 Å². The van der Waals surface area contributed by atoms with Gasteiger partial charge in [-0.2, -0.15) is 9.78 Å². The second-order valence-corrected chi connectivity index (χ2v) is 5.89. The van der Waals surface area contributed by atoms with Gasteiger partial charge in [0.25, 0.3) is 5.56 Å². The van der Waals surface area contributed by atoms with Crippen molar-refractivity contribution in [2.75, 3.05) is 0 Å². The molecule has 0 aliphatic rings. The highest BCUT2D eigenvalue weighted by atomic mass is 35.5. The summed E-state index contributed by atoms with van der Waals surface area (Å²) in [5, 5.41) is 4.80. The van der Waals surface area contributed by atoms with Crippen LogP contribution < -0.4 is 16.0 Å². The van der Waals surface area contributed by atoms with Crippen LogP contribution in [0.3, 0.4) is 0 Å². The Morgan fingerprint density at radius 2 is 1.62 bits per heavy atom. The molecule has 9 heteroatoms. The lowest BCUT2D eigenvalue weighted by Gasteiger charge is -2.11. The maximum atomic E-state index is 11.7. The fourth-order valence-electron chi connectivity index (χ4n) is 1.92. The molecule has 0 aliphatic heterocycles. The van der Waals surface area contributed by atoms with Gasteiger partial charge in [0.15, 0.2) is 0 Å². The molecule has 0 radical (unpaired) electrons. The number of halogens is 3. The maximum Gasteiger partial charge on any atom is 0.349 e. The van der Waals surface area contributed by atoms with Crippen molar-refractivity contribution in [1.29, 1.82) is 0 Å². The van der Waals surface area contributed by atoms with Gasteiger partial charge < -0.3 is 4.74 Å². The molecule has 1 N–H and O–H groups in total. The van der Waals surface area contributed by atoms with E-state index in [4.69, 9.17) is 39.5 Å². The van der Waals surface area contributed by atoms with Crippen LogP contribution in [0.4, 0.5) is 0 Å². The Bertz CT molecular complexity index is 1030. The van der Waals surface area contributed by atoms with Gasteiger partial charge in [-0.05, 0) is 36.4 Å². The average Bonchev–Trinajstić information content (AvgIpc) is 2.52. The molecule has 2 aromatic carbocycles. The smallest absolute Gasteiger partial charge is 0.349 e. The normalized spacial score (nSPS) is 10.6. The summed E-state index contributed by atoms with van der Waals surface area (Å²) in [6.07, 6.45) is 0.993. The molecule has 0 saturated heterocycles. The van der Waals surface area contributed by atoms with Crippen molar-refractivity contribution < 1.29 is 4.74 Å². The van der Waals surface area contributed by atoms with Crippen molar-refractivity contribution in [2.45, 2.75) is 0 Å². The third-order valence-corrected chi connectivity index (χ3v) is 3.81. The number of hydrogen-bond acceptors (Lipinski definition) is 4. The standard InChI is InChI=1S/C15H8Cl3N3O3/c16-8-1-3-12(10(17)5-8)24-13-4-2-9(6-11(13)18)21-15(23)20-14(22)7-19-21/h1-7H,(H,20,22,23). The van der Waals surface area contributed by atoms with E-state index in [1.807, 2.05) is 0 Å². The highest BCUT2D eigenvalue weighted by Crippen LogP contribution is 2.35. The molecule has 0 fully saturated rings. The molecule has 24 heavy (non-hydrogen) atoms. The number of aromatic amines is 1. The highest BCUT2D eigenvalue weighted by Gasteiger charge is 2.10. The summed E-state index contributed by atoms with van der Waals surface area (Å²) in [7, 11) is 0. The quantitative estimate of drug-likeness (QED) is 0.747. The Balaban J connectivity index is 1.95. The molecule has 0 atom stereocenters. The second-order valence-electron chi connectivity index (χ2n) is 4.64. The predicted molar refractivity (Wildman–Crippen MR) is 92.0 cm³/mol. The van der Waals surface area contributed by atoms with E-state index < -0.39 is 11.2 Å². The van der Waals surface area contributed by atoms with E-state index >= 15 is 0 Å². The van der Waals surface area contributed by atoms with Crippen LogP contribution >= 0.6 is 34.8 Å². The summed E-state index contributed by atoms with van der Waals surface area (Å²) < 4.78 is 6.65. The fourth-order valence-corrected chi connectivity index (χ4v) is 2.58. The topological polar surface area (TPSA) is 77.0 Å². The lowest BCUT2D eigenvalue weighted by Crippen LogP contribution is -2.30. The number of nitrogens with zero attached hydrogens (tertiary/aromatic N) is 2. The molecule has 0 aliphatic carbocycles. The second kappa shape index (κ2) is 6.68. The first-order valence-electron chi connectivity index (χ1n) is 6.55. The summed E-state index contributed by atoms with van der Waals surface area (Å²) in [5.74, 6) is 0.720. The Labute approximate surface area is 150 Å². The van der Waals surface area contributed by atoms with Crippen LogP contribution in [0.15, 0.2) is 52.2 Å². The molecule has 0 bridgehead atoms. The molecule has 3 rings (SSSR count). The molecule has 6 nitrogen and oxygen atoms in total. The van der Waals surface area contributed by atoms with Crippen molar-refractivity contribution >= 4 is 34.8 Å². The van der Waals surface area contributed by atoms with Gasteiger partial charge in [-0.1, -0.05) is 34.8 Å². The van der Waals surface area contributed by atoms with E-state index in [9.17, 15) is 9.59 Å². The van der Waals surface area contributed by atoms with Gasteiger partial charge in [0, 0.05) is 5.02 Å². The van der Waals surface area contributed by atoms with Crippen molar-refractivity contribution in [3.63, 3.8) is 0 Å². The lowest BCUT2D eigenvalue weighted by molar-refractivity contribution is 0.483. The third-order valence-electron chi connectivity index (χ3n) is 2.99. The third kappa shape index (κ3) is 3.46. The van der Waals surface area contributed by atoms with Gasteiger partial charge in [-0.3, -0.25) is 9.78 Å². The predicted octanol–water partition coefficient (Wildman–Crippen LogP) is 3.67. The Morgan fingerprint density at radius 1 is 0.958 bits per heavy atom. The number of ether oxygens (including phenoxy) is 1. The monoisotopic (exact) mass is 383 g/mol. The summed E-state index contributed by atoms with van der Waals surface area (Å²) in [6, 6.07) is 9.40. The van der Waals surface area contributed by atoms with Gasteiger partial charge in [-0.25, -0.2) is 4.79 Å². The number of nitrogens with one attached hydrogen (secondary N) is 1. The van der Waals surface area contributed by atoms with Crippen LogP contribution in [0, 0.1) is 0 Å². The average molecular weight is 385 g/mol. The van der Waals surface area contributed by atoms with E-state index in [0.717, 1.165) is 10.9 Å². The first kappa shape index (κ1) is 16.6. The van der Waals surface area contributed by atoms with Crippen molar-refractivity contribution in [3.05, 3.63) is 78.5 Å². The molecule has 3 aromatic rings. The Hall–Kier alpha value is -2.28. The van der Waals surface area contributed by atoms with E-state index in [-0.39, 0.29) is 5.02 Å². The number of rotatable bonds is 3. The molecule has 0 spiro atoms. The molecular weight excluding hydrogens is 377 g/mol. The SMILES string of the molecule is O=c1cnn(-c2ccc(Oc3ccc(Cl)cc3Cl)c(Cl)c2)c(=O)[nH]1. The molecule has 1 heterocycles. The summed E-state index contributed by atoms with van der Waals surface area (Å²) in [4.78, 5) is 24.9. The van der Waals surface area contributed by atoms with Gasteiger partial charge in [0.2, 0.25) is 0 Å². The number of hydrogen-bond donors (Lipinski definition) is 1. The van der Waals surface area contributed by atoms with Crippen LogP contribution in [0.1, 0.15) is 0 Å². The summed E-state index contributed by atoms with van der Waals surface area (Å²) in [5.41, 5.74) is -0.886. The van der Waals surface area contributed by atoms with E-state index in [0.29, 0.717) is 27.2 Å². The lowest BCUT2D eigenvalue weighted by atomic mass is 10.3. The van der Waals surface area contributed by atoms with Crippen molar-refractivity contribution in [3.8, 4) is 17.2 Å². The Morgan fingerprint density at radius 3 is 2.25 bits per heavy atom. The van der Waals surface area contributed by atoms with Gasteiger partial charge in [0.05, 0.1) is 15.7 Å². The summed E-state index contributed by atoms with van der Waals surface area (Å²) >= 11 is 18.1. The van der Waals surface area contributed by atoms with Gasteiger partial charge >= 0.3 is 5.69 Å². The molecule has 0 saturated carbocycles. The zero-order chi connectivity index (χ0) is 17.3. The maximum absolute atomic E-state index is 11.7. The minimum Gasteiger partial charge on any atom is -0.454 e. The Kier molecular flexibility index (Phi) is 4.62. The van der Waals surface area contributed by atoms with E-state index in [2.05, 4.69) is 10.1 Å². The zero-order valence-electron chi connectivity index (χ0n) is 11.8. The fraction of sp³-hybridized carbons (Fsp3) is 0. The molecule has 1 aromatic heterocycles. The van der Waals surface area contributed by atoms with E-state index in [1.165, 1.54) is 6.07 Å². The largest absolute Gasteiger partial charge is 0.454 e. The van der Waals surface area contributed by atoms with Crippen LogP contribution in [-0.2, 0) is 0 Å². The highest BCUT2D eigenvalue weighted by molar-refractivity contribution is 6.35. The number of H-pyrrole nitrogens is 1. The zero-order valence-corrected chi connectivity index (χ0v) is 14.1. The first-order valence-corrected chi connectivity index (χ1v) is 7.69.